The van der Waals surface area contributed by atoms with E-state index in [4.69, 9.17) is 4.74 Å². The van der Waals surface area contributed by atoms with E-state index >= 15 is 0 Å². The first-order valence-electron chi connectivity index (χ1n) is 5.93. The highest BCUT2D eigenvalue weighted by Gasteiger charge is 2.22. The fourth-order valence-electron chi connectivity index (χ4n) is 2.29. The van der Waals surface area contributed by atoms with Gasteiger partial charge in [-0.2, -0.15) is 0 Å². The smallest absolute Gasteiger partial charge is 0.130 e. The topological polar surface area (TPSA) is 25.0 Å². The molecule has 1 aromatic carbocycles. The first kappa shape index (κ1) is 10.2. The summed E-state index contributed by atoms with van der Waals surface area (Å²) < 4.78 is 5.92. The highest BCUT2D eigenvalue weighted by molar-refractivity contribution is 5.92. The van der Waals surface area contributed by atoms with Gasteiger partial charge in [0.1, 0.15) is 11.9 Å². The predicted octanol–water partition coefficient (Wildman–Crippen LogP) is 3.87. The zero-order chi connectivity index (χ0) is 11.8. The molecule has 1 atom stereocenters. The van der Waals surface area contributed by atoms with E-state index in [1.54, 1.807) is 0 Å². The molecule has 0 amide bonds. The number of rotatable bonds is 2. The van der Waals surface area contributed by atoms with E-state index in [0.29, 0.717) is 0 Å². The number of hydrogen-bond acceptors (Lipinski definition) is 1. The van der Waals surface area contributed by atoms with Crippen LogP contribution < -0.4 is 0 Å². The number of fused-ring (bicyclic) bond motifs is 1. The molecule has 2 heteroatoms. The van der Waals surface area contributed by atoms with Crippen molar-refractivity contribution in [3.8, 4) is 0 Å². The Hall–Kier alpha value is -1.96. The Morgan fingerprint density at radius 2 is 2.18 bits per heavy atom. The molecule has 0 saturated carbocycles. The van der Waals surface area contributed by atoms with Crippen LogP contribution in [0.25, 0.3) is 16.7 Å². The Balaban J connectivity index is 2.06. The average molecular weight is 225 g/mol. The minimum atomic E-state index is 0.138. The van der Waals surface area contributed by atoms with Crippen LogP contribution in [0.2, 0.25) is 0 Å². The second-order valence-electron chi connectivity index (χ2n) is 4.35. The molecule has 0 bridgehead atoms. The predicted molar refractivity (Wildman–Crippen MR) is 70.6 cm³/mol. The van der Waals surface area contributed by atoms with Crippen LogP contribution in [0.1, 0.15) is 18.9 Å². The lowest BCUT2D eigenvalue weighted by Gasteiger charge is -2.10. The molecule has 17 heavy (non-hydrogen) atoms. The maximum absolute atomic E-state index is 5.92. The molecule has 1 aromatic heterocycles. The molecule has 1 N–H and O–H groups in total. The van der Waals surface area contributed by atoms with Crippen LogP contribution in [0.15, 0.2) is 48.7 Å². The fraction of sp³-hybridized carbons (Fsp3) is 0.200. The van der Waals surface area contributed by atoms with Crippen molar-refractivity contribution in [1.82, 2.24) is 4.98 Å². The Bertz CT molecular complexity index is 606. The summed E-state index contributed by atoms with van der Waals surface area (Å²) in [5.41, 5.74) is 3.32. The number of ether oxygens (including phenoxy) is 1. The molecule has 0 fully saturated rings. The Kier molecular flexibility index (Phi) is 2.29. The maximum atomic E-state index is 5.92. The van der Waals surface area contributed by atoms with Gasteiger partial charge in [-0.1, -0.05) is 31.7 Å². The molecule has 0 spiro atoms. The molecule has 2 aromatic rings. The van der Waals surface area contributed by atoms with E-state index in [2.05, 4.69) is 30.6 Å². The quantitative estimate of drug-likeness (QED) is 0.824. The van der Waals surface area contributed by atoms with Gasteiger partial charge in [0.05, 0.1) is 0 Å². The van der Waals surface area contributed by atoms with E-state index in [9.17, 15) is 0 Å². The Labute approximate surface area is 101 Å². The molecule has 0 radical (unpaired) electrons. The molecular weight excluding hydrogens is 210 g/mol. The Morgan fingerprint density at radius 1 is 1.35 bits per heavy atom. The van der Waals surface area contributed by atoms with Gasteiger partial charge in [-0.25, -0.2) is 0 Å². The second-order valence-corrected chi connectivity index (χ2v) is 4.35. The van der Waals surface area contributed by atoms with Crippen LogP contribution >= 0.6 is 0 Å². The minimum absolute atomic E-state index is 0.138. The van der Waals surface area contributed by atoms with Crippen molar-refractivity contribution in [2.24, 2.45) is 0 Å². The summed E-state index contributed by atoms with van der Waals surface area (Å²) in [6.45, 7) is 6.15. The largest absolute Gasteiger partial charge is 0.485 e. The van der Waals surface area contributed by atoms with Crippen LogP contribution in [0.3, 0.4) is 0 Å². The van der Waals surface area contributed by atoms with Gasteiger partial charge >= 0.3 is 0 Å². The molecule has 86 valence electrons. The third-order valence-electron chi connectivity index (χ3n) is 3.22. The van der Waals surface area contributed by atoms with Gasteiger partial charge in [0.15, 0.2) is 0 Å². The molecule has 0 aliphatic carbocycles. The van der Waals surface area contributed by atoms with Crippen molar-refractivity contribution in [3.63, 3.8) is 0 Å². The second kappa shape index (κ2) is 3.81. The number of hydrogen-bond donors (Lipinski definition) is 1. The number of nitrogens with one attached hydrogen (secondary N) is 1. The lowest BCUT2D eigenvalue weighted by Crippen LogP contribution is -2.05. The van der Waals surface area contributed by atoms with E-state index in [0.717, 1.165) is 28.8 Å². The average Bonchev–Trinajstić information content (AvgIpc) is 2.92. The monoisotopic (exact) mass is 225 g/mol. The summed E-state index contributed by atoms with van der Waals surface area (Å²) in [6.07, 6.45) is 5.14. The molecule has 2 heterocycles. The van der Waals surface area contributed by atoms with Crippen LogP contribution in [-0.2, 0) is 4.74 Å². The van der Waals surface area contributed by atoms with Crippen LogP contribution in [0.4, 0.5) is 0 Å². The Morgan fingerprint density at radius 3 is 2.94 bits per heavy atom. The fourth-order valence-corrected chi connectivity index (χ4v) is 2.29. The zero-order valence-electron chi connectivity index (χ0n) is 9.86. The molecule has 1 aliphatic heterocycles. The number of H-pyrrole nitrogens is 1. The van der Waals surface area contributed by atoms with Crippen LogP contribution in [0.5, 0.6) is 0 Å². The van der Waals surface area contributed by atoms with Crippen molar-refractivity contribution >= 4 is 16.7 Å². The minimum Gasteiger partial charge on any atom is -0.485 e. The molecule has 3 rings (SSSR count). The standard InChI is InChI=1S/C15H15NO/c1-3-14-10(2)8-15(17-14)12-9-16-13-7-5-4-6-11(12)13/h4-9,14,16H,2-3H2,1H3. The lowest BCUT2D eigenvalue weighted by molar-refractivity contribution is 0.216. The van der Waals surface area contributed by atoms with Gasteiger partial charge in [0.25, 0.3) is 0 Å². The van der Waals surface area contributed by atoms with Gasteiger partial charge in [0, 0.05) is 22.7 Å². The molecule has 1 unspecified atom stereocenters. The SMILES string of the molecule is C=C1C=C(c2c[nH]c3ccccc23)OC1CC. The number of para-hydroxylation sites is 1. The van der Waals surface area contributed by atoms with E-state index in [-0.39, 0.29) is 6.10 Å². The number of benzene rings is 1. The van der Waals surface area contributed by atoms with Gasteiger partial charge in [0.2, 0.25) is 0 Å². The van der Waals surface area contributed by atoms with Gasteiger partial charge in [-0.15, -0.1) is 0 Å². The molecular formula is C15H15NO. The maximum Gasteiger partial charge on any atom is 0.130 e. The zero-order valence-corrected chi connectivity index (χ0v) is 9.86. The van der Waals surface area contributed by atoms with Crippen LogP contribution in [0, 0.1) is 0 Å². The summed E-state index contributed by atoms with van der Waals surface area (Å²) in [5, 5.41) is 1.20. The van der Waals surface area contributed by atoms with Crippen molar-refractivity contribution in [1.29, 1.82) is 0 Å². The van der Waals surface area contributed by atoms with E-state index in [1.165, 1.54) is 5.39 Å². The summed E-state index contributed by atoms with van der Waals surface area (Å²) in [7, 11) is 0. The summed E-state index contributed by atoms with van der Waals surface area (Å²) in [6, 6.07) is 8.25. The van der Waals surface area contributed by atoms with Gasteiger partial charge < -0.3 is 9.72 Å². The molecule has 0 saturated heterocycles. The van der Waals surface area contributed by atoms with Gasteiger partial charge in [-0.3, -0.25) is 0 Å². The third-order valence-corrected chi connectivity index (χ3v) is 3.22. The van der Waals surface area contributed by atoms with Crippen LogP contribution in [-0.4, -0.2) is 11.1 Å². The summed E-state index contributed by atoms with van der Waals surface area (Å²) in [4.78, 5) is 3.26. The third kappa shape index (κ3) is 1.57. The van der Waals surface area contributed by atoms with Crippen molar-refractivity contribution < 1.29 is 4.74 Å². The van der Waals surface area contributed by atoms with Crippen molar-refractivity contribution in [3.05, 3.63) is 54.3 Å². The number of aromatic amines is 1. The highest BCUT2D eigenvalue weighted by Crippen LogP contribution is 2.34. The highest BCUT2D eigenvalue weighted by atomic mass is 16.5. The first-order chi connectivity index (χ1) is 8.29. The van der Waals surface area contributed by atoms with Crippen molar-refractivity contribution in [2.45, 2.75) is 19.4 Å². The lowest BCUT2D eigenvalue weighted by atomic mass is 10.1. The van der Waals surface area contributed by atoms with E-state index in [1.807, 2.05) is 24.4 Å². The summed E-state index contributed by atoms with van der Waals surface area (Å²) >= 11 is 0. The van der Waals surface area contributed by atoms with Gasteiger partial charge in [-0.05, 0) is 24.1 Å². The first-order valence-corrected chi connectivity index (χ1v) is 5.93. The summed E-state index contributed by atoms with van der Waals surface area (Å²) in [5.74, 6) is 0.930. The number of aromatic nitrogens is 1. The van der Waals surface area contributed by atoms with E-state index < -0.39 is 0 Å². The van der Waals surface area contributed by atoms with Crippen molar-refractivity contribution in [2.75, 3.05) is 0 Å². The normalized spacial score (nSPS) is 19.5. The molecule has 1 aliphatic rings. The molecule has 2 nitrogen and oxygen atoms in total.